The maximum Gasteiger partial charge on any atom is 0.248 e. The number of piperazine rings is 1. The average molecular weight is 240 g/mol. The lowest BCUT2D eigenvalue weighted by atomic mass is 10.1. The highest BCUT2D eigenvalue weighted by molar-refractivity contribution is 5.77. The Balaban J connectivity index is 1.80. The quantitative estimate of drug-likeness (QED) is 0.725. The fourth-order valence-corrected chi connectivity index (χ4v) is 2.59. The van der Waals surface area contributed by atoms with Crippen molar-refractivity contribution in [3.8, 4) is 0 Å². The summed E-state index contributed by atoms with van der Waals surface area (Å²) in [7, 11) is 0. The fraction of sp³-hybridized carbons (Fsp3) is 0.923. The summed E-state index contributed by atoms with van der Waals surface area (Å²) in [4.78, 5) is 16.5. The van der Waals surface area contributed by atoms with Crippen LogP contribution in [0.15, 0.2) is 0 Å². The van der Waals surface area contributed by atoms with E-state index < -0.39 is 0 Å². The number of amides is 1. The third kappa shape index (κ3) is 3.42. The Bertz CT molecular complexity index is 286. The molecule has 0 aromatic heterocycles. The topological polar surface area (TPSA) is 32.8 Å². The van der Waals surface area contributed by atoms with Crippen LogP contribution in [0, 0.1) is 0 Å². The van der Waals surface area contributed by atoms with E-state index >= 15 is 0 Å². The van der Waals surface area contributed by atoms with Gasteiger partial charge in [0, 0.05) is 25.7 Å². The molecule has 2 aliphatic heterocycles. The number of hydrogen-bond acceptors (Lipinski definition) is 3. The normalized spacial score (nSPS) is 26.1. The van der Waals surface area contributed by atoms with Gasteiger partial charge in [0.1, 0.15) is 6.61 Å². The summed E-state index contributed by atoms with van der Waals surface area (Å²) < 4.78 is 5.55. The fourth-order valence-electron chi connectivity index (χ4n) is 2.59. The summed E-state index contributed by atoms with van der Waals surface area (Å²) in [6, 6.07) is 0.599. The van der Waals surface area contributed by atoms with Crippen molar-refractivity contribution in [2.75, 3.05) is 32.8 Å². The Labute approximate surface area is 104 Å². The molecule has 2 rings (SSSR count). The molecule has 2 heterocycles. The van der Waals surface area contributed by atoms with Gasteiger partial charge in [-0.2, -0.15) is 0 Å². The predicted octanol–water partition coefficient (Wildman–Crippen LogP) is 1.11. The molecule has 0 aromatic rings. The molecule has 1 amide bonds. The third-order valence-corrected chi connectivity index (χ3v) is 3.57. The van der Waals surface area contributed by atoms with Crippen molar-refractivity contribution in [2.24, 2.45) is 0 Å². The summed E-state index contributed by atoms with van der Waals surface area (Å²) in [5.74, 6) is 0.145. The van der Waals surface area contributed by atoms with Crippen molar-refractivity contribution in [3.63, 3.8) is 0 Å². The van der Waals surface area contributed by atoms with Crippen LogP contribution in [-0.2, 0) is 9.53 Å². The van der Waals surface area contributed by atoms with Crippen LogP contribution in [0.1, 0.15) is 33.6 Å². The van der Waals surface area contributed by atoms with Crippen molar-refractivity contribution in [3.05, 3.63) is 0 Å². The Morgan fingerprint density at radius 1 is 1.29 bits per heavy atom. The van der Waals surface area contributed by atoms with Gasteiger partial charge in [-0.1, -0.05) is 0 Å². The zero-order chi connectivity index (χ0) is 12.5. The molecule has 2 fully saturated rings. The van der Waals surface area contributed by atoms with E-state index in [1.54, 1.807) is 0 Å². The van der Waals surface area contributed by atoms with Gasteiger partial charge < -0.3 is 9.64 Å². The van der Waals surface area contributed by atoms with E-state index in [4.69, 9.17) is 4.74 Å². The Morgan fingerprint density at radius 2 is 2.06 bits per heavy atom. The Morgan fingerprint density at radius 3 is 2.76 bits per heavy atom. The van der Waals surface area contributed by atoms with E-state index in [0.717, 1.165) is 19.6 Å². The maximum absolute atomic E-state index is 12.0. The van der Waals surface area contributed by atoms with Gasteiger partial charge in [0.15, 0.2) is 0 Å². The van der Waals surface area contributed by atoms with Gasteiger partial charge in [0.2, 0.25) is 5.91 Å². The lowest BCUT2D eigenvalue weighted by molar-refractivity contribution is -0.143. The largest absolute Gasteiger partial charge is 0.366 e. The zero-order valence-corrected chi connectivity index (χ0v) is 11.2. The number of ether oxygens (including phenoxy) is 1. The van der Waals surface area contributed by atoms with Crippen molar-refractivity contribution in [2.45, 2.75) is 45.3 Å². The molecule has 0 N–H and O–H groups in total. The van der Waals surface area contributed by atoms with Gasteiger partial charge in [-0.3, -0.25) is 9.69 Å². The third-order valence-electron chi connectivity index (χ3n) is 3.57. The zero-order valence-electron chi connectivity index (χ0n) is 11.2. The smallest absolute Gasteiger partial charge is 0.248 e. The minimum atomic E-state index is -0.231. The molecule has 1 unspecified atom stereocenters. The molecule has 0 aromatic carbocycles. The molecular formula is C13H24N2O2. The van der Waals surface area contributed by atoms with E-state index in [9.17, 15) is 4.79 Å². The highest BCUT2D eigenvalue weighted by Crippen LogP contribution is 2.21. The van der Waals surface area contributed by atoms with Gasteiger partial charge in [-0.15, -0.1) is 0 Å². The second-order valence-corrected chi connectivity index (χ2v) is 6.07. The van der Waals surface area contributed by atoms with E-state index in [1.807, 2.05) is 25.7 Å². The van der Waals surface area contributed by atoms with Gasteiger partial charge in [-0.05, 0) is 40.2 Å². The molecule has 4 heteroatoms. The summed E-state index contributed by atoms with van der Waals surface area (Å²) >= 11 is 0. The molecule has 4 nitrogen and oxygen atoms in total. The second kappa shape index (κ2) is 4.94. The summed E-state index contributed by atoms with van der Waals surface area (Å²) in [6.07, 6.45) is 2.52. The van der Waals surface area contributed by atoms with Gasteiger partial charge in [0.05, 0.1) is 5.60 Å². The number of carbonyl (C=O) groups is 1. The Kier molecular flexibility index (Phi) is 3.73. The van der Waals surface area contributed by atoms with E-state index in [2.05, 4.69) is 4.90 Å². The molecule has 0 saturated carbocycles. The lowest BCUT2D eigenvalue weighted by Crippen LogP contribution is -2.53. The number of rotatable bonds is 2. The van der Waals surface area contributed by atoms with Crippen LogP contribution in [0.5, 0.6) is 0 Å². The molecule has 0 bridgehead atoms. The molecule has 17 heavy (non-hydrogen) atoms. The van der Waals surface area contributed by atoms with E-state index in [-0.39, 0.29) is 18.1 Å². The van der Waals surface area contributed by atoms with Crippen molar-refractivity contribution < 1.29 is 9.53 Å². The molecule has 1 atom stereocenters. The second-order valence-electron chi connectivity index (χ2n) is 6.07. The standard InChI is InChI=1S/C13H24N2O2/c1-13(2,3)17-10-12(16)15-8-7-14-6-4-5-11(14)9-15/h11H,4-10H2,1-3H3. The molecule has 0 radical (unpaired) electrons. The van der Waals surface area contributed by atoms with Crippen molar-refractivity contribution in [1.29, 1.82) is 0 Å². The summed E-state index contributed by atoms with van der Waals surface area (Å²) in [5.41, 5.74) is -0.231. The number of fused-ring (bicyclic) bond motifs is 1. The first-order chi connectivity index (χ1) is 7.96. The van der Waals surface area contributed by atoms with Crippen LogP contribution in [-0.4, -0.2) is 60.1 Å². The number of nitrogens with zero attached hydrogens (tertiary/aromatic N) is 2. The van der Waals surface area contributed by atoms with Crippen LogP contribution in [0.4, 0.5) is 0 Å². The molecule has 2 saturated heterocycles. The first-order valence-corrected chi connectivity index (χ1v) is 6.61. The first kappa shape index (κ1) is 12.8. The van der Waals surface area contributed by atoms with Crippen LogP contribution in [0.2, 0.25) is 0 Å². The molecule has 0 aliphatic carbocycles. The highest BCUT2D eigenvalue weighted by Gasteiger charge is 2.32. The van der Waals surface area contributed by atoms with Gasteiger partial charge >= 0.3 is 0 Å². The molecule has 2 aliphatic rings. The molecule has 0 spiro atoms. The molecule has 98 valence electrons. The maximum atomic E-state index is 12.0. The average Bonchev–Trinajstić information content (AvgIpc) is 2.71. The van der Waals surface area contributed by atoms with Crippen LogP contribution >= 0.6 is 0 Å². The summed E-state index contributed by atoms with van der Waals surface area (Å²) in [5, 5.41) is 0. The minimum absolute atomic E-state index is 0.145. The highest BCUT2D eigenvalue weighted by atomic mass is 16.5. The van der Waals surface area contributed by atoms with Crippen LogP contribution < -0.4 is 0 Å². The number of carbonyl (C=O) groups excluding carboxylic acids is 1. The molecular weight excluding hydrogens is 216 g/mol. The van der Waals surface area contributed by atoms with Gasteiger partial charge in [-0.25, -0.2) is 0 Å². The summed E-state index contributed by atoms with van der Waals surface area (Å²) in [6.45, 7) is 10.2. The Hall–Kier alpha value is -0.610. The van der Waals surface area contributed by atoms with Crippen molar-refractivity contribution >= 4 is 5.91 Å². The van der Waals surface area contributed by atoms with Gasteiger partial charge in [0.25, 0.3) is 0 Å². The minimum Gasteiger partial charge on any atom is -0.366 e. The van der Waals surface area contributed by atoms with Crippen molar-refractivity contribution in [1.82, 2.24) is 9.80 Å². The SMILES string of the molecule is CC(C)(C)OCC(=O)N1CCN2CCCC2C1. The predicted molar refractivity (Wildman–Crippen MR) is 66.9 cm³/mol. The lowest BCUT2D eigenvalue weighted by Gasteiger charge is -2.37. The van der Waals surface area contributed by atoms with Crippen LogP contribution in [0.3, 0.4) is 0 Å². The van der Waals surface area contributed by atoms with Crippen LogP contribution in [0.25, 0.3) is 0 Å². The number of hydrogen-bond donors (Lipinski definition) is 0. The monoisotopic (exact) mass is 240 g/mol. The van der Waals surface area contributed by atoms with E-state index in [1.165, 1.54) is 19.4 Å². The van der Waals surface area contributed by atoms with E-state index in [0.29, 0.717) is 6.04 Å². The first-order valence-electron chi connectivity index (χ1n) is 6.61.